The number of alkyl halides is 3. The molecule has 0 spiro atoms. The van der Waals surface area contributed by atoms with Gasteiger partial charge in [-0.1, -0.05) is 6.07 Å². The third-order valence-corrected chi connectivity index (χ3v) is 2.90. The highest BCUT2D eigenvalue weighted by Gasteiger charge is 2.30. The van der Waals surface area contributed by atoms with Crippen LogP contribution in [0, 0.1) is 0 Å². The number of carboxylic acid groups (broad SMARTS) is 1. The number of halogens is 3. The highest BCUT2D eigenvalue weighted by atomic mass is 19.4. The topological polar surface area (TPSA) is 70.0 Å². The van der Waals surface area contributed by atoms with Gasteiger partial charge in [-0.25, -0.2) is 4.79 Å². The number of β-amino-alcohol motifs (C(OH)–C–C–N with tert-alkyl or cyclic N) is 1. The van der Waals surface area contributed by atoms with Crippen LogP contribution in [0.15, 0.2) is 18.2 Å². The van der Waals surface area contributed by atoms with E-state index in [0.717, 1.165) is 4.90 Å². The van der Waals surface area contributed by atoms with E-state index in [0.29, 0.717) is 11.1 Å². The molecular weight excluding hydrogens is 279 g/mol. The number of benzene rings is 1. The molecule has 20 heavy (non-hydrogen) atoms. The summed E-state index contributed by atoms with van der Waals surface area (Å²) in [4.78, 5) is 11.9. The predicted molar refractivity (Wildman–Crippen MR) is 61.4 cm³/mol. The van der Waals surface area contributed by atoms with Gasteiger partial charge in [0.05, 0.1) is 12.6 Å². The van der Waals surface area contributed by atoms with Crippen molar-refractivity contribution in [3.8, 4) is 5.75 Å². The van der Waals surface area contributed by atoms with E-state index in [1.54, 1.807) is 0 Å². The molecule has 0 fully saturated rings. The Morgan fingerprint density at radius 3 is 2.75 bits per heavy atom. The number of hydrogen-bond acceptors (Lipinski definition) is 3. The minimum Gasteiger partial charge on any atom is -0.484 e. The molecule has 2 N–H and O–H groups in total. The molecule has 1 amide bonds. The molecule has 1 aromatic rings. The van der Waals surface area contributed by atoms with Crippen LogP contribution in [0.3, 0.4) is 0 Å². The van der Waals surface area contributed by atoms with Crippen LogP contribution in [-0.4, -0.2) is 40.5 Å². The Hall–Kier alpha value is -1.96. The van der Waals surface area contributed by atoms with E-state index >= 15 is 0 Å². The molecule has 1 aromatic carbocycles. The molecule has 2 rings (SSSR count). The SMILES string of the molecule is O=C(O)N1Cc2ccc(OCC(F)(F)F)cc2C(O)C1. The van der Waals surface area contributed by atoms with Crippen LogP contribution >= 0.6 is 0 Å². The summed E-state index contributed by atoms with van der Waals surface area (Å²) in [5.74, 6) is -0.0103. The van der Waals surface area contributed by atoms with E-state index in [1.165, 1.54) is 18.2 Å². The summed E-state index contributed by atoms with van der Waals surface area (Å²) in [6.07, 6.45) is -6.68. The summed E-state index contributed by atoms with van der Waals surface area (Å²) in [5.41, 5.74) is 0.938. The van der Waals surface area contributed by atoms with E-state index in [4.69, 9.17) is 5.11 Å². The molecule has 1 aliphatic heterocycles. The van der Waals surface area contributed by atoms with Crippen LogP contribution in [0.25, 0.3) is 0 Å². The van der Waals surface area contributed by atoms with Crippen molar-refractivity contribution >= 4 is 6.09 Å². The first-order chi connectivity index (χ1) is 9.26. The predicted octanol–water partition coefficient (Wildman–Crippen LogP) is 2.15. The Morgan fingerprint density at radius 2 is 2.15 bits per heavy atom. The molecule has 0 saturated carbocycles. The Bertz CT molecular complexity index is 518. The van der Waals surface area contributed by atoms with E-state index in [9.17, 15) is 23.1 Å². The third-order valence-electron chi connectivity index (χ3n) is 2.90. The maximum Gasteiger partial charge on any atom is 0.422 e. The second kappa shape index (κ2) is 5.20. The van der Waals surface area contributed by atoms with E-state index in [-0.39, 0.29) is 18.8 Å². The lowest BCUT2D eigenvalue weighted by Crippen LogP contribution is -2.37. The minimum absolute atomic E-state index is 0.0103. The molecule has 110 valence electrons. The van der Waals surface area contributed by atoms with Gasteiger partial charge in [0.1, 0.15) is 5.75 Å². The quantitative estimate of drug-likeness (QED) is 0.876. The normalized spacial score (nSPS) is 18.6. The van der Waals surface area contributed by atoms with Crippen molar-refractivity contribution in [3.63, 3.8) is 0 Å². The largest absolute Gasteiger partial charge is 0.484 e. The van der Waals surface area contributed by atoms with Crippen LogP contribution in [0.5, 0.6) is 5.75 Å². The Balaban J connectivity index is 2.16. The van der Waals surface area contributed by atoms with Crippen LogP contribution in [0.1, 0.15) is 17.2 Å². The van der Waals surface area contributed by atoms with Crippen LogP contribution in [0.2, 0.25) is 0 Å². The zero-order valence-electron chi connectivity index (χ0n) is 10.2. The molecule has 5 nitrogen and oxygen atoms in total. The number of carbonyl (C=O) groups is 1. The average Bonchev–Trinajstić information content (AvgIpc) is 2.35. The van der Waals surface area contributed by atoms with Crippen molar-refractivity contribution in [1.82, 2.24) is 4.90 Å². The van der Waals surface area contributed by atoms with Gasteiger partial charge < -0.3 is 19.8 Å². The van der Waals surface area contributed by atoms with Crippen molar-refractivity contribution in [2.75, 3.05) is 13.2 Å². The van der Waals surface area contributed by atoms with E-state index < -0.39 is 25.0 Å². The number of fused-ring (bicyclic) bond motifs is 1. The van der Waals surface area contributed by atoms with Gasteiger partial charge in [0.25, 0.3) is 0 Å². The maximum absolute atomic E-state index is 12.1. The summed E-state index contributed by atoms with van der Waals surface area (Å²) in [6, 6.07) is 4.09. The second-order valence-corrected chi connectivity index (χ2v) is 4.44. The Kier molecular flexibility index (Phi) is 3.76. The summed E-state index contributed by atoms with van der Waals surface area (Å²) < 4.78 is 40.7. The van der Waals surface area contributed by atoms with Gasteiger partial charge in [-0.15, -0.1) is 0 Å². The first kappa shape index (κ1) is 14.4. The zero-order chi connectivity index (χ0) is 14.9. The number of rotatable bonds is 2. The lowest BCUT2D eigenvalue weighted by molar-refractivity contribution is -0.153. The second-order valence-electron chi connectivity index (χ2n) is 4.44. The highest BCUT2D eigenvalue weighted by molar-refractivity contribution is 5.65. The van der Waals surface area contributed by atoms with Gasteiger partial charge in [0.15, 0.2) is 6.61 Å². The smallest absolute Gasteiger partial charge is 0.422 e. The van der Waals surface area contributed by atoms with E-state index in [1.807, 2.05) is 0 Å². The highest BCUT2D eigenvalue weighted by Crippen LogP contribution is 2.30. The van der Waals surface area contributed by atoms with Gasteiger partial charge >= 0.3 is 12.3 Å². The van der Waals surface area contributed by atoms with Gasteiger partial charge in [-0.2, -0.15) is 13.2 Å². The fourth-order valence-electron chi connectivity index (χ4n) is 2.01. The summed E-state index contributed by atoms with van der Waals surface area (Å²) in [7, 11) is 0. The summed E-state index contributed by atoms with van der Waals surface area (Å²) in [5, 5.41) is 18.7. The van der Waals surface area contributed by atoms with Crippen LogP contribution in [-0.2, 0) is 6.54 Å². The molecule has 0 aromatic heterocycles. The Morgan fingerprint density at radius 1 is 1.45 bits per heavy atom. The maximum atomic E-state index is 12.1. The molecular formula is C12H12F3NO4. The van der Waals surface area contributed by atoms with Crippen molar-refractivity contribution in [2.24, 2.45) is 0 Å². The molecule has 8 heteroatoms. The van der Waals surface area contributed by atoms with Crippen molar-refractivity contribution < 1.29 is 32.9 Å². The molecule has 0 bridgehead atoms. The molecule has 1 aliphatic rings. The lowest BCUT2D eigenvalue weighted by Gasteiger charge is -2.30. The van der Waals surface area contributed by atoms with Crippen LogP contribution < -0.4 is 4.74 Å². The molecule has 1 atom stereocenters. The van der Waals surface area contributed by atoms with Gasteiger partial charge in [0.2, 0.25) is 0 Å². The van der Waals surface area contributed by atoms with Crippen molar-refractivity contribution in [3.05, 3.63) is 29.3 Å². The standard InChI is InChI=1S/C12H12F3NO4/c13-12(14,15)6-20-8-2-1-7-4-16(11(18)19)5-10(17)9(7)3-8/h1-3,10,17H,4-6H2,(H,18,19). The van der Waals surface area contributed by atoms with E-state index in [2.05, 4.69) is 4.74 Å². The average molecular weight is 291 g/mol. The van der Waals surface area contributed by atoms with Gasteiger partial charge in [0, 0.05) is 6.54 Å². The number of ether oxygens (including phenoxy) is 1. The first-order valence-electron chi connectivity index (χ1n) is 5.74. The monoisotopic (exact) mass is 291 g/mol. The fraction of sp³-hybridized carbons (Fsp3) is 0.417. The molecule has 0 radical (unpaired) electrons. The minimum atomic E-state index is -4.44. The Labute approximate surface area is 112 Å². The third kappa shape index (κ3) is 3.32. The summed E-state index contributed by atoms with van der Waals surface area (Å²) >= 11 is 0. The number of aliphatic hydroxyl groups excluding tert-OH is 1. The van der Waals surface area contributed by atoms with Gasteiger partial charge in [-0.3, -0.25) is 0 Å². The van der Waals surface area contributed by atoms with Crippen molar-refractivity contribution in [1.29, 1.82) is 0 Å². The first-order valence-corrected chi connectivity index (χ1v) is 5.74. The lowest BCUT2D eigenvalue weighted by atomic mass is 9.97. The van der Waals surface area contributed by atoms with Gasteiger partial charge in [-0.05, 0) is 23.3 Å². The van der Waals surface area contributed by atoms with Crippen LogP contribution in [0.4, 0.5) is 18.0 Å². The molecule has 0 aliphatic carbocycles. The number of amides is 1. The zero-order valence-corrected chi connectivity index (χ0v) is 10.2. The number of nitrogens with zero attached hydrogens (tertiary/aromatic N) is 1. The number of aliphatic hydroxyl groups is 1. The summed E-state index contributed by atoms with van der Waals surface area (Å²) in [6.45, 7) is -1.45. The fourth-order valence-corrected chi connectivity index (χ4v) is 2.01. The molecule has 1 heterocycles. The molecule has 0 saturated heterocycles. The number of hydrogen-bond donors (Lipinski definition) is 2. The molecule has 1 unspecified atom stereocenters. The van der Waals surface area contributed by atoms with Crippen molar-refractivity contribution in [2.45, 2.75) is 18.8 Å².